The summed E-state index contributed by atoms with van der Waals surface area (Å²) in [6, 6.07) is 9.56. The van der Waals surface area contributed by atoms with Gasteiger partial charge in [-0.15, -0.1) is 0 Å². The quantitative estimate of drug-likeness (QED) is 0.670. The third-order valence-electron chi connectivity index (χ3n) is 2.16. The third kappa shape index (κ3) is 1.47. The topological polar surface area (TPSA) is 39.2 Å². The molecule has 4 heteroatoms. The van der Waals surface area contributed by atoms with Crippen molar-refractivity contribution in [3.8, 4) is 11.5 Å². The number of halogens is 1. The van der Waals surface area contributed by atoms with Gasteiger partial charge in [0.1, 0.15) is 5.58 Å². The molecular weight excluding hydrogens is 258 g/mol. The average molecular weight is 264 g/mol. The fourth-order valence-electron chi connectivity index (χ4n) is 1.48. The number of benzene rings is 1. The second-order valence-corrected chi connectivity index (χ2v) is 4.09. The molecule has 0 aliphatic carbocycles. The van der Waals surface area contributed by atoms with Crippen molar-refractivity contribution >= 4 is 26.9 Å². The van der Waals surface area contributed by atoms with E-state index in [-0.39, 0.29) is 0 Å². The van der Waals surface area contributed by atoms with E-state index in [1.165, 1.54) is 0 Å². The van der Waals surface area contributed by atoms with Gasteiger partial charge in [0, 0.05) is 15.9 Å². The molecule has 3 nitrogen and oxygen atoms in total. The van der Waals surface area contributed by atoms with Gasteiger partial charge in [0.2, 0.25) is 5.76 Å². The lowest BCUT2D eigenvalue weighted by atomic mass is 10.2. The molecule has 74 valence electrons. The Morgan fingerprint density at radius 1 is 1.07 bits per heavy atom. The van der Waals surface area contributed by atoms with Crippen LogP contribution in [-0.2, 0) is 0 Å². The molecule has 0 aliphatic rings. The highest BCUT2D eigenvalue weighted by Crippen LogP contribution is 2.29. The van der Waals surface area contributed by atoms with Crippen LogP contribution in [-0.4, -0.2) is 5.16 Å². The molecule has 3 aromatic rings. The van der Waals surface area contributed by atoms with Crippen molar-refractivity contribution in [2.24, 2.45) is 0 Å². The number of hydrogen-bond acceptors (Lipinski definition) is 3. The molecule has 0 aliphatic heterocycles. The first-order chi connectivity index (χ1) is 7.33. The third-order valence-corrected chi connectivity index (χ3v) is 2.65. The normalized spacial score (nSPS) is 11.0. The highest BCUT2D eigenvalue weighted by Gasteiger charge is 2.08. The minimum Gasteiger partial charge on any atom is -0.453 e. The summed E-state index contributed by atoms with van der Waals surface area (Å²) in [5.41, 5.74) is 0.838. The monoisotopic (exact) mass is 263 g/mol. The van der Waals surface area contributed by atoms with Gasteiger partial charge in [0.15, 0.2) is 5.76 Å². The van der Waals surface area contributed by atoms with E-state index in [0.29, 0.717) is 11.5 Å². The van der Waals surface area contributed by atoms with Gasteiger partial charge in [0.05, 0.1) is 6.20 Å². The molecule has 1 aromatic carbocycles. The number of nitrogens with zero attached hydrogens (tertiary/aromatic N) is 1. The molecule has 15 heavy (non-hydrogen) atoms. The Labute approximate surface area is 93.8 Å². The van der Waals surface area contributed by atoms with Crippen LogP contribution < -0.4 is 0 Å². The summed E-state index contributed by atoms with van der Waals surface area (Å²) in [5.74, 6) is 1.34. The fraction of sp³-hybridized carbons (Fsp3) is 0. The molecule has 0 bridgehead atoms. The van der Waals surface area contributed by atoms with Gasteiger partial charge < -0.3 is 8.94 Å². The fourth-order valence-corrected chi connectivity index (χ4v) is 1.86. The zero-order valence-corrected chi connectivity index (χ0v) is 9.19. The average Bonchev–Trinajstić information content (AvgIpc) is 2.84. The van der Waals surface area contributed by atoms with Crippen molar-refractivity contribution in [1.82, 2.24) is 5.16 Å². The molecule has 0 N–H and O–H groups in total. The van der Waals surface area contributed by atoms with Crippen molar-refractivity contribution in [1.29, 1.82) is 0 Å². The van der Waals surface area contributed by atoms with Crippen LogP contribution in [0.4, 0.5) is 0 Å². The highest BCUT2D eigenvalue weighted by molar-refractivity contribution is 9.10. The molecule has 3 rings (SSSR count). The van der Waals surface area contributed by atoms with Gasteiger partial charge in [-0.1, -0.05) is 21.1 Å². The van der Waals surface area contributed by atoms with Crippen LogP contribution in [0.3, 0.4) is 0 Å². The number of hydrogen-bond donors (Lipinski definition) is 0. The van der Waals surface area contributed by atoms with E-state index in [1.807, 2.05) is 24.3 Å². The minimum absolute atomic E-state index is 0.641. The standard InChI is InChI=1S/C11H6BrNO2/c12-8-1-2-9-7(5-8)6-11(14-9)10-3-4-13-15-10/h1-6H. The second-order valence-electron chi connectivity index (χ2n) is 3.17. The molecule has 0 spiro atoms. The zero-order valence-electron chi connectivity index (χ0n) is 7.61. The maximum absolute atomic E-state index is 5.61. The van der Waals surface area contributed by atoms with Crippen molar-refractivity contribution < 1.29 is 8.94 Å². The summed E-state index contributed by atoms with van der Waals surface area (Å²) in [5, 5.41) is 4.68. The van der Waals surface area contributed by atoms with Crippen LogP contribution in [0, 0.1) is 0 Å². The maximum Gasteiger partial charge on any atom is 0.202 e. The van der Waals surface area contributed by atoms with E-state index in [0.717, 1.165) is 15.4 Å². The van der Waals surface area contributed by atoms with Gasteiger partial charge in [0.25, 0.3) is 0 Å². The van der Waals surface area contributed by atoms with Crippen LogP contribution in [0.25, 0.3) is 22.5 Å². The minimum atomic E-state index is 0.641. The first kappa shape index (κ1) is 8.73. The van der Waals surface area contributed by atoms with Gasteiger partial charge in [-0.3, -0.25) is 0 Å². The van der Waals surface area contributed by atoms with E-state index < -0.39 is 0 Å². The number of furan rings is 1. The first-order valence-corrected chi connectivity index (χ1v) is 5.22. The van der Waals surface area contributed by atoms with Crippen LogP contribution in [0.2, 0.25) is 0 Å². The molecule has 0 saturated heterocycles. The van der Waals surface area contributed by atoms with Crippen molar-refractivity contribution in [2.45, 2.75) is 0 Å². The van der Waals surface area contributed by atoms with Crippen LogP contribution in [0.5, 0.6) is 0 Å². The van der Waals surface area contributed by atoms with Crippen LogP contribution in [0.1, 0.15) is 0 Å². The molecule has 0 unspecified atom stereocenters. The lowest BCUT2D eigenvalue weighted by Gasteiger charge is -1.88. The summed E-state index contributed by atoms with van der Waals surface area (Å²) in [4.78, 5) is 0. The summed E-state index contributed by atoms with van der Waals surface area (Å²) in [7, 11) is 0. The second kappa shape index (κ2) is 3.24. The largest absolute Gasteiger partial charge is 0.453 e. The predicted molar refractivity (Wildman–Crippen MR) is 59.4 cm³/mol. The van der Waals surface area contributed by atoms with Crippen molar-refractivity contribution in [2.75, 3.05) is 0 Å². The van der Waals surface area contributed by atoms with E-state index in [2.05, 4.69) is 21.1 Å². The van der Waals surface area contributed by atoms with E-state index in [4.69, 9.17) is 8.94 Å². The van der Waals surface area contributed by atoms with E-state index in [9.17, 15) is 0 Å². The summed E-state index contributed by atoms with van der Waals surface area (Å²) in [6.07, 6.45) is 1.60. The SMILES string of the molecule is Brc1ccc2oc(-c3ccno3)cc2c1. The molecule has 0 atom stereocenters. The van der Waals surface area contributed by atoms with Crippen molar-refractivity contribution in [3.05, 3.63) is 41.0 Å². The summed E-state index contributed by atoms with van der Waals surface area (Å²) >= 11 is 3.41. The number of fused-ring (bicyclic) bond motifs is 1. The molecule has 0 amide bonds. The van der Waals surface area contributed by atoms with Gasteiger partial charge in [-0.05, 0) is 24.3 Å². The van der Waals surface area contributed by atoms with Gasteiger partial charge >= 0.3 is 0 Å². The Balaban J connectivity index is 2.22. The van der Waals surface area contributed by atoms with E-state index >= 15 is 0 Å². The van der Waals surface area contributed by atoms with Crippen LogP contribution >= 0.6 is 15.9 Å². The molecule has 2 aromatic heterocycles. The van der Waals surface area contributed by atoms with Gasteiger partial charge in [-0.25, -0.2) is 0 Å². The maximum atomic E-state index is 5.61. The first-order valence-electron chi connectivity index (χ1n) is 4.43. The molecule has 0 radical (unpaired) electrons. The number of aromatic nitrogens is 1. The molecule has 0 saturated carbocycles. The Hall–Kier alpha value is -1.55. The summed E-state index contributed by atoms with van der Waals surface area (Å²) in [6.45, 7) is 0. The Morgan fingerprint density at radius 2 is 2.00 bits per heavy atom. The van der Waals surface area contributed by atoms with Gasteiger partial charge in [-0.2, -0.15) is 0 Å². The Morgan fingerprint density at radius 3 is 2.80 bits per heavy atom. The molecule has 2 heterocycles. The highest BCUT2D eigenvalue weighted by atomic mass is 79.9. The molecular formula is C11H6BrNO2. The molecule has 0 fully saturated rings. The zero-order chi connectivity index (χ0) is 10.3. The van der Waals surface area contributed by atoms with Crippen LogP contribution in [0.15, 0.2) is 49.9 Å². The predicted octanol–water partition coefficient (Wildman–Crippen LogP) is 3.85. The smallest absolute Gasteiger partial charge is 0.202 e. The lowest BCUT2D eigenvalue weighted by molar-refractivity contribution is 0.421. The Bertz CT molecular complexity index is 598. The number of rotatable bonds is 1. The Kier molecular flexibility index (Phi) is 1.89. The van der Waals surface area contributed by atoms with E-state index in [1.54, 1.807) is 12.3 Å². The summed E-state index contributed by atoms with van der Waals surface area (Å²) < 4.78 is 11.7. The van der Waals surface area contributed by atoms with Crippen molar-refractivity contribution in [3.63, 3.8) is 0 Å². The lowest BCUT2D eigenvalue weighted by Crippen LogP contribution is -1.63.